The van der Waals surface area contributed by atoms with Crippen molar-refractivity contribution in [2.75, 3.05) is 6.61 Å². The van der Waals surface area contributed by atoms with Crippen molar-refractivity contribution in [3.8, 4) is 0 Å². The standard InChI is InChI=1S/C8H13BrN2O/c1-3-11-7(9)5-10-8(11)6-12-4-2/h5H,3-4,6H2,1-2H3. The highest BCUT2D eigenvalue weighted by molar-refractivity contribution is 9.10. The normalized spacial score (nSPS) is 10.6. The zero-order chi connectivity index (χ0) is 8.97. The first-order valence-corrected chi connectivity index (χ1v) is 4.86. The minimum atomic E-state index is 0.593. The van der Waals surface area contributed by atoms with Crippen LogP contribution in [0.3, 0.4) is 0 Å². The summed E-state index contributed by atoms with van der Waals surface area (Å²) >= 11 is 3.41. The first-order valence-electron chi connectivity index (χ1n) is 4.07. The third-order valence-corrected chi connectivity index (χ3v) is 2.27. The summed E-state index contributed by atoms with van der Waals surface area (Å²) in [5.41, 5.74) is 0. The van der Waals surface area contributed by atoms with E-state index >= 15 is 0 Å². The van der Waals surface area contributed by atoms with E-state index in [0.717, 1.165) is 23.6 Å². The Hall–Kier alpha value is -0.350. The highest BCUT2D eigenvalue weighted by Gasteiger charge is 2.04. The van der Waals surface area contributed by atoms with E-state index in [1.165, 1.54) is 0 Å². The van der Waals surface area contributed by atoms with E-state index in [-0.39, 0.29) is 0 Å². The highest BCUT2D eigenvalue weighted by atomic mass is 79.9. The number of nitrogens with zero attached hydrogens (tertiary/aromatic N) is 2. The molecule has 0 saturated heterocycles. The van der Waals surface area contributed by atoms with Crippen molar-refractivity contribution < 1.29 is 4.74 Å². The van der Waals surface area contributed by atoms with Crippen LogP contribution in [0.15, 0.2) is 10.8 Å². The van der Waals surface area contributed by atoms with Gasteiger partial charge in [-0.2, -0.15) is 0 Å². The first kappa shape index (κ1) is 9.74. The molecule has 12 heavy (non-hydrogen) atoms. The van der Waals surface area contributed by atoms with E-state index in [0.29, 0.717) is 6.61 Å². The van der Waals surface area contributed by atoms with Gasteiger partial charge in [-0.25, -0.2) is 4.98 Å². The van der Waals surface area contributed by atoms with Crippen molar-refractivity contribution >= 4 is 15.9 Å². The summed E-state index contributed by atoms with van der Waals surface area (Å²) < 4.78 is 8.36. The van der Waals surface area contributed by atoms with Crippen LogP contribution in [0.4, 0.5) is 0 Å². The van der Waals surface area contributed by atoms with Crippen molar-refractivity contribution in [2.45, 2.75) is 27.0 Å². The van der Waals surface area contributed by atoms with Crippen LogP contribution in [0, 0.1) is 0 Å². The minimum Gasteiger partial charge on any atom is -0.374 e. The number of imidazole rings is 1. The second kappa shape index (κ2) is 4.62. The van der Waals surface area contributed by atoms with E-state index in [1.807, 2.05) is 6.92 Å². The molecule has 0 amide bonds. The average Bonchev–Trinajstić information content (AvgIpc) is 2.43. The van der Waals surface area contributed by atoms with Crippen LogP contribution < -0.4 is 0 Å². The van der Waals surface area contributed by atoms with Gasteiger partial charge in [0, 0.05) is 13.2 Å². The largest absolute Gasteiger partial charge is 0.374 e. The van der Waals surface area contributed by atoms with E-state index in [2.05, 4.69) is 32.4 Å². The van der Waals surface area contributed by atoms with Crippen LogP contribution in [-0.4, -0.2) is 16.2 Å². The van der Waals surface area contributed by atoms with Crippen LogP contribution >= 0.6 is 15.9 Å². The Morgan fingerprint density at radius 2 is 2.33 bits per heavy atom. The SMILES string of the molecule is CCOCc1ncc(Br)n1CC. The molecule has 0 aliphatic rings. The fourth-order valence-electron chi connectivity index (χ4n) is 1.03. The summed E-state index contributed by atoms with van der Waals surface area (Å²) in [5, 5.41) is 0. The summed E-state index contributed by atoms with van der Waals surface area (Å²) in [4.78, 5) is 4.22. The number of halogens is 1. The number of hydrogen-bond acceptors (Lipinski definition) is 2. The van der Waals surface area contributed by atoms with Gasteiger partial charge >= 0.3 is 0 Å². The summed E-state index contributed by atoms with van der Waals surface area (Å²) in [5.74, 6) is 0.978. The lowest BCUT2D eigenvalue weighted by atomic mass is 10.6. The van der Waals surface area contributed by atoms with Gasteiger partial charge in [0.25, 0.3) is 0 Å². The molecule has 3 nitrogen and oxygen atoms in total. The van der Waals surface area contributed by atoms with Crippen molar-refractivity contribution in [1.82, 2.24) is 9.55 Å². The molecule has 1 heterocycles. The molecule has 0 aliphatic carbocycles. The molecule has 0 fully saturated rings. The number of ether oxygens (including phenoxy) is 1. The minimum absolute atomic E-state index is 0.593. The first-order chi connectivity index (χ1) is 5.79. The highest BCUT2D eigenvalue weighted by Crippen LogP contribution is 2.12. The van der Waals surface area contributed by atoms with Crippen molar-refractivity contribution in [3.05, 3.63) is 16.6 Å². The molecular formula is C8H13BrN2O. The molecular weight excluding hydrogens is 220 g/mol. The molecule has 0 atom stereocenters. The van der Waals surface area contributed by atoms with Gasteiger partial charge in [0.2, 0.25) is 0 Å². The molecule has 1 aromatic rings. The molecule has 68 valence electrons. The second-order valence-corrected chi connectivity index (χ2v) is 3.19. The summed E-state index contributed by atoms with van der Waals surface area (Å²) in [6.07, 6.45) is 1.80. The Morgan fingerprint density at radius 3 is 2.92 bits per heavy atom. The van der Waals surface area contributed by atoms with Crippen molar-refractivity contribution in [3.63, 3.8) is 0 Å². The van der Waals surface area contributed by atoms with Gasteiger partial charge in [0.05, 0.1) is 6.20 Å². The van der Waals surface area contributed by atoms with Crippen LogP contribution in [-0.2, 0) is 17.9 Å². The second-order valence-electron chi connectivity index (χ2n) is 2.38. The summed E-state index contributed by atoms with van der Waals surface area (Å²) in [6.45, 7) is 6.31. The van der Waals surface area contributed by atoms with Gasteiger partial charge in [0.15, 0.2) is 0 Å². The lowest BCUT2D eigenvalue weighted by molar-refractivity contribution is 0.125. The predicted molar refractivity (Wildman–Crippen MR) is 50.9 cm³/mol. The summed E-state index contributed by atoms with van der Waals surface area (Å²) in [6, 6.07) is 0. The third-order valence-electron chi connectivity index (χ3n) is 1.64. The molecule has 0 aliphatic heterocycles. The zero-order valence-electron chi connectivity index (χ0n) is 7.38. The monoisotopic (exact) mass is 232 g/mol. The zero-order valence-corrected chi connectivity index (χ0v) is 8.97. The van der Waals surface area contributed by atoms with E-state index in [1.54, 1.807) is 6.20 Å². The predicted octanol–water partition coefficient (Wildman–Crippen LogP) is 2.20. The smallest absolute Gasteiger partial charge is 0.135 e. The van der Waals surface area contributed by atoms with Crippen LogP contribution in [0.5, 0.6) is 0 Å². The summed E-state index contributed by atoms with van der Waals surface area (Å²) in [7, 11) is 0. The average molecular weight is 233 g/mol. The molecule has 4 heteroatoms. The van der Waals surface area contributed by atoms with Gasteiger partial charge < -0.3 is 9.30 Å². The molecule has 1 aromatic heterocycles. The van der Waals surface area contributed by atoms with E-state index < -0.39 is 0 Å². The topological polar surface area (TPSA) is 27.1 Å². The van der Waals surface area contributed by atoms with Gasteiger partial charge in [-0.05, 0) is 29.8 Å². The number of hydrogen-bond donors (Lipinski definition) is 0. The Morgan fingerprint density at radius 1 is 1.58 bits per heavy atom. The van der Waals surface area contributed by atoms with Crippen LogP contribution in [0.2, 0.25) is 0 Å². The van der Waals surface area contributed by atoms with Crippen LogP contribution in [0.1, 0.15) is 19.7 Å². The molecule has 0 spiro atoms. The van der Waals surface area contributed by atoms with Gasteiger partial charge in [-0.1, -0.05) is 0 Å². The Labute approximate surface area is 80.9 Å². The maximum atomic E-state index is 5.27. The molecule has 0 saturated carbocycles. The molecule has 0 unspecified atom stereocenters. The molecule has 0 radical (unpaired) electrons. The fraction of sp³-hybridized carbons (Fsp3) is 0.625. The number of aromatic nitrogens is 2. The third kappa shape index (κ3) is 2.08. The van der Waals surface area contributed by atoms with Crippen molar-refractivity contribution in [2.24, 2.45) is 0 Å². The Kier molecular flexibility index (Phi) is 3.75. The van der Waals surface area contributed by atoms with E-state index in [4.69, 9.17) is 4.74 Å². The molecule has 1 rings (SSSR count). The maximum Gasteiger partial charge on any atom is 0.135 e. The lowest BCUT2D eigenvalue weighted by Gasteiger charge is -2.05. The Bertz CT molecular complexity index is 247. The maximum absolute atomic E-state index is 5.27. The van der Waals surface area contributed by atoms with E-state index in [9.17, 15) is 0 Å². The fourth-order valence-corrected chi connectivity index (χ4v) is 1.59. The molecule has 0 bridgehead atoms. The van der Waals surface area contributed by atoms with Crippen molar-refractivity contribution in [1.29, 1.82) is 0 Å². The van der Waals surface area contributed by atoms with Gasteiger partial charge in [0.1, 0.15) is 17.0 Å². The Balaban J connectivity index is 2.70. The molecule has 0 N–H and O–H groups in total. The quantitative estimate of drug-likeness (QED) is 0.797. The number of rotatable bonds is 4. The van der Waals surface area contributed by atoms with Gasteiger partial charge in [-0.3, -0.25) is 0 Å². The van der Waals surface area contributed by atoms with Crippen LogP contribution in [0.25, 0.3) is 0 Å². The molecule has 0 aromatic carbocycles. The lowest BCUT2D eigenvalue weighted by Crippen LogP contribution is -2.04. The van der Waals surface area contributed by atoms with Gasteiger partial charge in [-0.15, -0.1) is 0 Å².